The molecule has 4 heterocycles. The number of likely N-dealkylation sites (tertiary alicyclic amines) is 1. The average molecular weight is 390 g/mol. The summed E-state index contributed by atoms with van der Waals surface area (Å²) >= 11 is 0. The number of carbonyl (C=O) groups is 1. The molecule has 1 N–H and O–H groups in total. The van der Waals surface area contributed by atoms with E-state index in [9.17, 15) is 4.79 Å². The molecule has 29 heavy (non-hydrogen) atoms. The zero-order valence-corrected chi connectivity index (χ0v) is 16.7. The van der Waals surface area contributed by atoms with Crippen molar-refractivity contribution in [3.8, 4) is 0 Å². The number of aromatic amines is 1. The fourth-order valence-corrected chi connectivity index (χ4v) is 4.58. The molecule has 2 aliphatic heterocycles. The number of anilines is 1. The molecule has 2 aromatic heterocycles. The number of hydrogen-bond donors (Lipinski definition) is 1. The van der Waals surface area contributed by atoms with Gasteiger partial charge in [-0.2, -0.15) is 0 Å². The predicted molar refractivity (Wildman–Crippen MR) is 114 cm³/mol. The molecule has 1 unspecified atom stereocenters. The number of benzene rings is 1. The van der Waals surface area contributed by atoms with Gasteiger partial charge in [-0.3, -0.25) is 4.79 Å². The van der Waals surface area contributed by atoms with E-state index in [2.05, 4.69) is 20.9 Å². The van der Waals surface area contributed by atoms with E-state index in [4.69, 9.17) is 4.98 Å². The number of nitrogens with zero attached hydrogens (tertiary/aromatic N) is 4. The average Bonchev–Trinajstić information content (AvgIpc) is 3.24. The van der Waals surface area contributed by atoms with Crippen LogP contribution < -0.4 is 4.90 Å². The highest BCUT2D eigenvalue weighted by atomic mass is 16.2. The second kappa shape index (κ2) is 7.85. The van der Waals surface area contributed by atoms with E-state index >= 15 is 0 Å². The summed E-state index contributed by atoms with van der Waals surface area (Å²) < 4.78 is 0. The van der Waals surface area contributed by atoms with Gasteiger partial charge in [0.2, 0.25) is 0 Å². The molecule has 2 aliphatic rings. The van der Waals surface area contributed by atoms with Crippen LogP contribution in [0.25, 0.3) is 11.0 Å². The Morgan fingerprint density at radius 3 is 2.76 bits per heavy atom. The Bertz CT molecular complexity index is 974. The monoisotopic (exact) mass is 389 g/mol. The van der Waals surface area contributed by atoms with Gasteiger partial charge in [0.25, 0.3) is 5.91 Å². The topological polar surface area (TPSA) is 65.1 Å². The molecular formula is C23H27N5O. The maximum Gasteiger partial charge on any atom is 0.254 e. The highest BCUT2D eigenvalue weighted by Crippen LogP contribution is 2.29. The Kier molecular flexibility index (Phi) is 4.92. The van der Waals surface area contributed by atoms with Crippen LogP contribution in [0.15, 0.2) is 42.6 Å². The third-order valence-corrected chi connectivity index (χ3v) is 6.18. The van der Waals surface area contributed by atoms with Gasteiger partial charge in [-0.1, -0.05) is 12.1 Å². The lowest BCUT2D eigenvalue weighted by molar-refractivity contribution is 0.0724. The summed E-state index contributed by atoms with van der Waals surface area (Å²) in [6, 6.07) is 12.0. The van der Waals surface area contributed by atoms with Crippen LogP contribution in [0.4, 0.5) is 5.82 Å². The van der Waals surface area contributed by atoms with Gasteiger partial charge in [-0.25, -0.2) is 9.97 Å². The number of pyridine rings is 1. The Labute approximate surface area is 171 Å². The van der Waals surface area contributed by atoms with E-state index in [1.807, 2.05) is 35.2 Å². The number of piperidine rings is 2. The third-order valence-electron chi connectivity index (χ3n) is 6.18. The number of aromatic nitrogens is 3. The molecule has 1 atom stereocenters. The van der Waals surface area contributed by atoms with Crippen molar-refractivity contribution in [3.05, 3.63) is 54.0 Å². The van der Waals surface area contributed by atoms with E-state index in [0.29, 0.717) is 5.92 Å². The molecule has 2 saturated heterocycles. The number of amides is 1. The first-order chi connectivity index (χ1) is 14.3. The van der Waals surface area contributed by atoms with Crippen molar-refractivity contribution in [1.82, 2.24) is 19.9 Å². The minimum atomic E-state index is 0.138. The first-order valence-corrected chi connectivity index (χ1v) is 10.7. The molecule has 5 rings (SSSR count). The number of hydrogen-bond acceptors (Lipinski definition) is 4. The summed E-state index contributed by atoms with van der Waals surface area (Å²) in [5.74, 6) is 2.43. The highest BCUT2D eigenvalue weighted by molar-refractivity contribution is 5.95. The van der Waals surface area contributed by atoms with Crippen molar-refractivity contribution < 1.29 is 4.79 Å². The summed E-state index contributed by atoms with van der Waals surface area (Å²) in [7, 11) is 0. The Hall–Kier alpha value is -2.89. The number of nitrogens with one attached hydrogen (secondary N) is 1. The van der Waals surface area contributed by atoms with E-state index < -0.39 is 0 Å². The number of rotatable bonds is 3. The maximum absolute atomic E-state index is 12.9. The Morgan fingerprint density at radius 2 is 1.90 bits per heavy atom. The summed E-state index contributed by atoms with van der Waals surface area (Å²) in [6.45, 7) is 3.57. The molecule has 0 saturated carbocycles. The van der Waals surface area contributed by atoms with Crippen LogP contribution in [0, 0.1) is 0 Å². The number of para-hydroxylation sites is 2. The lowest BCUT2D eigenvalue weighted by Crippen LogP contribution is -2.37. The fraction of sp³-hybridized carbons (Fsp3) is 0.435. The van der Waals surface area contributed by atoms with Crippen molar-refractivity contribution in [2.75, 3.05) is 31.1 Å². The lowest BCUT2D eigenvalue weighted by Gasteiger charge is -2.33. The quantitative estimate of drug-likeness (QED) is 0.736. The predicted octanol–water partition coefficient (Wildman–Crippen LogP) is 3.97. The number of imidazole rings is 1. The molecule has 0 spiro atoms. The van der Waals surface area contributed by atoms with Crippen LogP contribution in [-0.2, 0) is 0 Å². The molecular weight excluding hydrogens is 362 g/mol. The minimum Gasteiger partial charge on any atom is -0.356 e. The van der Waals surface area contributed by atoms with Gasteiger partial charge in [0.1, 0.15) is 11.6 Å². The second-order valence-corrected chi connectivity index (χ2v) is 8.18. The number of H-pyrrole nitrogens is 1. The normalized spacial score (nSPS) is 20.2. The number of carbonyl (C=O) groups excluding carboxylic acids is 1. The van der Waals surface area contributed by atoms with Crippen LogP contribution in [0.5, 0.6) is 0 Å². The van der Waals surface area contributed by atoms with E-state index in [0.717, 1.165) is 80.1 Å². The van der Waals surface area contributed by atoms with Gasteiger partial charge >= 0.3 is 0 Å². The smallest absolute Gasteiger partial charge is 0.254 e. The third kappa shape index (κ3) is 3.71. The maximum atomic E-state index is 12.9. The molecule has 2 fully saturated rings. The van der Waals surface area contributed by atoms with E-state index in [1.165, 1.54) is 6.42 Å². The van der Waals surface area contributed by atoms with Crippen molar-refractivity contribution in [2.45, 2.75) is 38.0 Å². The zero-order chi connectivity index (χ0) is 19.6. The largest absolute Gasteiger partial charge is 0.356 e. The van der Waals surface area contributed by atoms with Crippen LogP contribution in [0.3, 0.4) is 0 Å². The van der Waals surface area contributed by atoms with Gasteiger partial charge < -0.3 is 14.8 Å². The standard InChI is InChI=1S/C23H27N5O/c29-23(27-12-4-1-5-13-27)17-10-11-24-21(15-17)28-14-6-7-18(16-28)22-25-19-8-2-3-9-20(19)26-22/h2-3,8-11,15,18H,1,4-7,12-14,16H2,(H,25,26). The summed E-state index contributed by atoms with van der Waals surface area (Å²) in [6.07, 6.45) is 7.42. The molecule has 0 aliphatic carbocycles. The molecule has 0 bridgehead atoms. The number of fused-ring (bicyclic) bond motifs is 1. The molecule has 6 nitrogen and oxygen atoms in total. The van der Waals surface area contributed by atoms with Gasteiger partial charge in [-0.05, 0) is 56.4 Å². The fourth-order valence-electron chi connectivity index (χ4n) is 4.58. The zero-order valence-electron chi connectivity index (χ0n) is 16.7. The Morgan fingerprint density at radius 1 is 1.03 bits per heavy atom. The first kappa shape index (κ1) is 18.2. The van der Waals surface area contributed by atoms with Crippen LogP contribution in [-0.4, -0.2) is 51.9 Å². The van der Waals surface area contributed by atoms with Crippen LogP contribution in [0.2, 0.25) is 0 Å². The molecule has 1 aromatic carbocycles. The highest BCUT2D eigenvalue weighted by Gasteiger charge is 2.26. The van der Waals surface area contributed by atoms with Crippen molar-refractivity contribution in [2.24, 2.45) is 0 Å². The molecule has 6 heteroatoms. The van der Waals surface area contributed by atoms with Crippen LogP contribution >= 0.6 is 0 Å². The van der Waals surface area contributed by atoms with Gasteiger partial charge in [-0.15, -0.1) is 0 Å². The van der Waals surface area contributed by atoms with Crippen LogP contribution in [0.1, 0.15) is 54.2 Å². The van der Waals surface area contributed by atoms with Crippen molar-refractivity contribution in [3.63, 3.8) is 0 Å². The molecule has 3 aromatic rings. The molecule has 0 radical (unpaired) electrons. The summed E-state index contributed by atoms with van der Waals surface area (Å²) in [5.41, 5.74) is 2.86. The van der Waals surface area contributed by atoms with Gasteiger partial charge in [0.05, 0.1) is 11.0 Å². The van der Waals surface area contributed by atoms with E-state index in [1.54, 1.807) is 6.20 Å². The molecule has 1 amide bonds. The Balaban J connectivity index is 1.34. The van der Waals surface area contributed by atoms with E-state index in [-0.39, 0.29) is 5.91 Å². The summed E-state index contributed by atoms with van der Waals surface area (Å²) in [5, 5.41) is 0. The van der Waals surface area contributed by atoms with Gasteiger partial charge in [0.15, 0.2) is 0 Å². The van der Waals surface area contributed by atoms with Gasteiger partial charge in [0, 0.05) is 43.9 Å². The van der Waals surface area contributed by atoms with Crippen molar-refractivity contribution >= 4 is 22.8 Å². The SMILES string of the molecule is O=C(c1ccnc(N2CCCC(c3nc4ccccc4[nH]3)C2)c1)N1CCCCC1. The first-order valence-electron chi connectivity index (χ1n) is 10.7. The minimum absolute atomic E-state index is 0.138. The lowest BCUT2D eigenvalue weighted by atomic mass is 9.97. The summed E-state index contributed by atoms with van der Waals surface area (Å²) in [4.78, 5) is 30.1. The molecule has 150 valence electrons. The second-order valence-electron chi connectivity index (χ2n) is 8.18. The van der Waals surface area contributed by atoms with Crippen molar-refractivity contribution in [1.29, 1.82) is 0 Å².